The van der Waals surface area contributed by atoms with Crippen molar-refractivity contribution in [3.63, 3.8) is 0 Å². The average molecular weight is 1090 g/mol. The zero-order chi connectivity index (χ0) is 9.30. The molecule has 9 heteroatoms. The summed E-state index contributed by atoms with van der Waals surface area (Å²) in [7, 11) is 0. The van der Waals surface area contributed by atoms with E-state index in [0.29, 0.717) is 0 Å². The quantitative estimate of drug-likeness (QED) is 0.241. The van der Waals surface area contributed by atoms with Gasteiger partial charge in [0.05, 0.1) is 12.7 Å². The minimum atomic E-state index is -1.24. The summed E-state index contributed by atoms with van der Waals surface area (Å²) in [6.45, 7) is 1.21. The molecular formula is C7H14Ac4O5. The van der Waals surface area contributed by atoms with Gasteiger partial charge >= 0.3 is 0 Å². The maximum Gasteiger partial charge on any atom is 0.111 e. The molecule has 5 unspecified atom stereocenters. The van der Waals surface area contributed by atoms with Gasteiger partial charge in [0.2, 0.25) is 0 Å². The number of rotatable bonds is 1. The Morgan fingerprint density at radius 3 is 1.69 bits per heavy atom. The van der Waals surface area contributed by atoms with Gasteiger partial charge in [-0.25, -0.2) is 0 Å². The Bertz CT molecular complexity index is 159. The first-order chi connectivity index (χ1) is 5.57. The predicted octanol–water partition coefficient (Wildman–Crippen LogP) is -2.15. The summed E-state index contributed by atoms with van der Waals surface area (Å²) in [5, 5.41) is 36.4. The summed E-state index contributed by atoms with van der Waals surface area (Å²) in [5.74, 6) is 0. The fraction of sp³-hybridized carbons (Fsp3) is 1.00. The van der Waals surface area contributed by atoms with Crippen LogP contribution in [0.4, 0.5) is 0 Å². The van der Waals surface area contributed by atoms with Gasteiger partial charge in [0.15, 0.2) is 0 Å². The van der Waals surface area contributed by atoms with Gasteiger partial charge in [0.25, 0.3) is 0 Å². The van der Waals surface area contributed by atoms with Crippen LogP contribution in [-0.2, 0) is 4.74 Å². The van der Waals surface area contributed by atoms with Crippen LogP contribution in [0.2, 0.25) is 0 Å². The second kappa shape index (κ2) is 15.5. The van der Waals surface area contributed by atoms with E-state index in [1.165, 1.54) is 0 Å². The number of aliphatic hydroxyl groups is 4. The van der Waals surface area contributed by atoms with Crippen LogP contribution in [0, 0.1) is 176 Å². The maximum absolute atomic E-state index is 9.23. The first kappa shape index (κ1) is 29.6. The van der Waals surface area contributed by atoms with Crippen LogP contribution in [0.25, 0.3) is 0 Å². The third-order valence-corrected chi connectivity index (χ3v) is 2.13. The molecule has 5 atom stereocenters. The summed E-state index contributed by atoms with van der Waals surface area (Å²) in [6, 6.07) is 0. The summed E-state index contributed by atoms with van der Waals surface area (Å²) < 4.78 is 5.02. The van der Waals surface area contributed by atoms with Crippen LogP contribution in [0.15, 0.2) is 0 Å². The molecule has 5 nitrogen and oxygen atoms in total. The van der Waals surface area contributed by atoms with E-state index in [4.69, 9.17) is 9.84 Å². The third kappa shape index (κ3) is 8.88. The molecule has 1 heterocycles. The third-order valence-electron chi connectivity index (χ3n) is 2.13. The molecule has 1 aliphatic rings. The Balaban J connectivity index is -0.000000180. The van der Waals surface area contributed by atoms with Crippen molar-refractivity contribution in [1.29, 1.82) is 0 Å². The van der Waals surface area contributed by atoms with Crippen molar-refractivity contribution in [2.45, 2.75) is 37.4 Å². The molecule has 0 saturated carbocycles. The maximum atomic E-state index is 9.23. The second-order valence-corrected chi connectivity index (χ2v) is 3.03. The van der Waals surface area contributed by atoms with Crippen molar-refractivity contribution < 1.29 is 201 Å². The van der Waals surface area contributed by atoms with E-state index in [9.17, 15) is 15.3 Å². The van der Waals surface area contributed by atoms with Crippen LogP contribution >= 0.6 is 0 Å². The van der Waals surface area contributed by atoms with Crippen molar-refractivity contribution in [3.8, 4) is 0 Å². The van der Waals surface area contributed by atoms with Crippen molar-refractivity contribution >= 4 is 0 Å². The van der Waals surface area contributed by atoms with Crippen LogP contribution in [0.3, 0.4) is 0 Å². The molecule has 1 aliphatic heterocycles. The molecule has 0 spiro atoms. The van der Waals surface area contributed by atoms with Crippen molar-refractivity contribution in [1.82, 2.24) is 0 Å². The zero-order valence-corrected chi connectivity index (χ0v) is 28.1. The van der Waals surface area contributed by atoms with E-state index in [1.54, 1.807) is 6.92 Å². The molecule has 0 aromatic carbocycles. The Morgan fingerprint density at radius 1 is 0.875 bits per heavy atom. The smallest absolute Gasteiger partial charge is 0.111 e. The van der Waals surface area contributed by atoms with E-state index < -0.39 is 30.5 Å². The molecule has 1 fully saturated rings. The summed E-state index contributed by atoms with van der Waals surface area (Å²) in [4.78, 5) is 0. The van der Waals surface area contributed by atoms with Gasteiger partial charge in [-0.05, 0) is 6.92 Å². The predicted molar refractivity (Wildman–Crippen MR) is 39.4 cm³/mol. The van der Waals surface area contributed by atoms with Crippen molar-refractivity contribution in [3.05, 3.63) is 0 Å². The molecule has 0 amide bonds. The molecule has 84 valence electrons. The van der Waals surface area contributed by atoms with Crippen LogP contribution in [0.5, 0.6) is 0 Å². The Labute approximate surface area is 238 Å². The number of aliphatic hydroxyl groups excluding tert-OH is 4. The number of hydrogen-bond donors (Lipinski definition) is 4. The number of hydrogen-bond acceptors (Lipinski definition) is 5. The SMILES string of the molecule is CC1OC(CO)C(O)C(O)C1O.[Ac].[Ac].[Ac].[Ac]. The van der Waals surface area contributed by atoms with Gasteiger partial charge < -0.3 is 25.2 Å². The van der Waals surface area contributed by atoms with Gasteiger partial charge in [0, 0.05) is 176 Å². The van der Waals surface area contributed by atoms with E-state index >= 15 is 0 Å². The molecule has 4 radical (unpaired) electrons. The van der Waals surface area contributed by atoms with E-state index in [-0.39, 0.29) is 183 Å². The first-order valence-corrected chi connectivity index (χ1v) is 3.88. The molecular weight excluding hydrogens is 1070 g/mol. The topological polar surface area (TPSA) is 90.2 Å². The molecule has 16 heavy (non-hydrogen) atoms. The second-order valence-electron chi connectivity index (χ2n) is 3.03. The molecule has 0 bridgehead atoms. The summed E-state index contributed by atoms with van der Waals surface area (Å²) in [5.41, 5.74) is 0. The molecule has 0 aliphatic carbocycles. The van der Waals surface area contributed by atoms with E-state index in [2.05, 4.69) is 0 Å². The van der Waals surface area contributed by atoms with Gasteiger partial charge in [-0.2, -0.15) is 0 Å². The molecule has 4 N–H and O–H groups in total. The minimum Gasteiger partial charge on any atom is -0.394 e. The van der Waals surface area contributed by atoms with Crippen molar-refractivity contribution in [2.24, 2.45) is 0 Å². The average Bonchev–Trinajstić information content (AvgIpc) is 2.08. The molecule has 1 saturated heterocycles. The monoisotopic (exact) mass is 1090 g/mol. The summed E-state index contributed by atoms with van der Waals surface area (Å²) >= 11 is 0. The minimum absolute atomic E-state index is 0. The van der Waals surface area contributed by atoms with E-state index in [0.717, 1.165) is 0 Å². The molecule has 0 aromatic rings. The van der Waals surface area contributed by atoms with Crippen LogP contribution < -0.4 is 0 Å². The first-order valence-electron chi connectivity index (χ1n) is 3.88. The van der Waals surface area contributed by atoms with Gasteiger partial charge in [-0.1, -0.05) is 0 Å². The molecule has 1 rings (SSSR count). The fourth-order valence-electron chi connectivity index (χ4n) is 1.29. The van der Waals surface area contributed by atoms with Crippen molar-refractivity contribution in [2.75, 3.05) is 6.61 Å². The normalized spacial score (nSPS) is 36.9. The standard InChI is InChI=1S/C7H14O5.4Ac/c1-3-5(9)7(11)6(10)4(2-8)12-3;;;;/h3-11H,2H2,1H3;;;;. The Hall–Kier alpha value is 5.57. The zero-order valence-electron chi connectivity index (χ0n) is 9.10. The number of ether oxygens (including phenoxy) is 1. The van der Waals surface area contributed by atoms with Gasteiger partial charge in [-0.15, -0.1) is 0 Å². The Kier molecular flexibility index (Phi) is 28.6. The Morgan fingerprint density at radius 2 is 1.31 bits per heavy atom. The van der Waals surface area contributed by atoms with Gasteiger partial charge in [0.1, 0.15) is 24.4 Å². The van der Waals surface area contributed by atoms with E-state index in [1.807, 2.05) is 0 Å². The van der Waals surface area contributed by atoms with Crippen LogP contribution in [-0.4, -0.2) is 57.6 Å². The fourth-order valence-corrected chi connectivity index (χ4v) is 1.29. The summed E-state index contributed by atoms with van der Waals surface area (Å²) in [6.07, 6.45) is -4.94. The van der Waals surface area contributed by atoms with Gasteiger partial charge in [-0.3, -0.25) is 0 Å². The molecule has 0 aromatic heterocycles. The largest absolute Gasteiger partial charge is 0.394 e. The van der Waals surface area contributed by atoms with Crippen LogP contribution in [0.1, 0.15) is 6.92 Å².